The molecule has 0 spiro atoms. The fourth-order valence-corrected chi connectivity index (χ4v) is 1.26. The molecule has 0 aromatic heterocycles. The summed E-state index contributed by atoms with van der Waals surface area (Å²) in [7, 11) is 0.817. The molecule has 2 nitrogen and oxygen atoms in total. The fourth-order valence-electron chi connectivity index (χ4n) is 1.26. The van der Waals surface area contributed by atoms with E-state index in [2.05, 4.69) is 9.73 Å². The smallest absolute Gasteiger partial charge is 0.421 e. The number of benzene rings is 1. The molecule has 0 aliphatic carbocycles. The normalized spacial score (nSPS) is 14.3. The highest BCUT2D eigenvalue weighted by molar-refractivity contribution is 5.96. The molecule has 1 aromatic rings. The number of hydrogen-bond acceptors (Lipinski definition) is 2. The molecule has 0 radical (unpaired) electrons. The Morgan fingerprint density at radius 2 is 1.60 bits per heavy atom. The Balaban J connectivity index is 3.31. The summed E-state index contributed by atoms with van der Waals surface area (Å²) < 4.78 is 78.9. The number of nitrogens with zero attached hydrogens (tertiary/aromatic N) is 1. The molecule has 0 unspecified atom stereocenters. The Bertz CT molecular complexity index is 501. The van der Waals surface area contributed by atoms with Crippen molar-refractivity contribution in [1.82, 2.24) is 0 Å². The van der Waals surface area contributed by atoms with Gasteiger partial charge in [0.05, 0.1) is 12.8 Å². The summed E-state index contributed by atoms with van der Waals surface area (Å²) in [5.74, 6) is -1.15. The number of ether oxygens (including phenoxy) is 1. The van der Waals surface area contributed by atoms with Gasteiger partial charge in [0.15, 0.2) is 0 Å². The van der Waals surface area contributed by atoms with Gasteiger partial charge in [0.1, 0.15) is 5.57 Å². The van der Waals surface area contributed by atoms with Crippen molar-refractivity contribution in [3.05, 3.63) is 42.0 Å². The predicted octanol–water partition coefficient (Wildman–Crippen LogP) is 4.41. The van der Waals surface area contributed by atoms with Gasteiger partial charge in [-0.05, 0) is 12.1 Å². The number of para-hydroxylation sites is 1. The van der Waals surface area contributed by atoms with Crippen LogP contribution in [0.4, 0.5) is 32.0 Å². The van der Waals surface area contributed by atoms with Crippen LogP contribution in [-0.2, 0) is 4.74 Å². The number of rotatable bonds is 2. The van der Waals surface area contributed by atoms with Crippen LogP contribution in [0.1, 0.15) is 0 Å². The largest absolute Gasteiger partial charge is 0.481 e. The first-order chi connectivity index (χ1) is 9.13. The second-order valence-electron chi connectivity index (χ2n) is 3.55. The Labute approximate surface area is 110 Å². The highest BCUT2D eigenvalue weighted by atomic mass is 19.4. The summed E-state index contributed by atoms with van der Waals surface area (Å²) in [5, 5.41) is 0. The van der Waals surface area contributed by atoms with E-state index in [-0.39, 0.29) is 5.69 Å². The maximum Gasteiger partial charge on any atom is 0.421 e. The zero-order valence-electron chi connectivity index (χ0n) is 10.1. The van der Waals surface area contributed by atoms with E-state index in [4.69, 9.17) is 0 Å². The van der Waals surface area contributed by atoms with Crippen LogP contribution in [0.5, 0.6) is 0 Å². The molecule has 0 aliphatic heterocycles. The van der Waals surface area contributed by atoms with Crippen molar-refractivity contribution in [2.24, 2.45) is 4.99 Å². The summed E-state index contributed by atoms with van der Waals surface area (Å²) in [6.45, 7) is 0. The van der Waals surface area contributed by atoms with Crippen LogP contribution in [-0.4, -0.2) is 25.4 Å². The van der Waals surface area contributed by atoms with E-state index in [0.717, 1.165) is 7.11 Å². The van der Waals surface area contributed by atoms with Gasteiger partial charge >= 0.3 is 12.4 Å². The van der Waals surface area contributed by atoms with Crippen LogP contribution in [0.3, 0.4) is 0 Å². The monoisotopic (exact) mass is 297 g/mol. The Hall–Kier alpha value is -1.99. The SMILES string of the molecule is COC(=Nc1ccccc1)/C(=C/C(F)(F)F)C(F)(F)F. The average Bonchev–Trinajstić information content (AvgIpc) is 2.32. The van der Waals surface area contributed by atoms with Gasteiger partial charge in [0.2, 0.25) is 5.90 Å². The topological polar surface area (TPSA) is 21.6 Å². The second-order valence-corrected chi connectivity index (χ2v) is 3.55. The number of allylic oxidation sites excluding steroid dienone is 1. The molecule has 0 saturated carbocycles. The van der Waals surface area contributed by atoms with Gasteiger partial charge in [-0.2, -0.15) is 26.3 Å². The fraction of sp³-hybridized carbons (Fsp3) is 0.250. The van der Waals surface area contributed by atoms with Crippen LogP contribution in [0.15, 0.2) is 47.0 Å². The molecule has 1 aromatic carbocycles. The molecule has 0 N–H and O–H groups in total. The molecule has 110 valence electrons. The summed E-state index contributed by atoms with van der Waals surface area (Å²) in [6.07, 6.45) is -11.3. The first-order valence-electron chi connectivity index (χ1n) is 5.18. The third-order valence-corrected chi connectivity index (χ3v) is 2.02. The lowest BCUT2D eigenvalue weighted by Gasteiger charge is -2.14. The van der Waals surface area contributed by atoms with Crippen LogP contribution in [0.2, 0.25) is 0 Å². The van der Waals surface area contributed by atoms with Gasteiger partial charge in [-0.25, -0.2) is 4.99 Å². The number of halogens is 6. The molecule has 20 heavy (non-hydrogen) atoms. The lowest BCUT2D eigenvalue weighted by Crippen LogP contribution is -2.24. The van der Waals surface area contributed by atoms with Gasteiger partial charge in [0.25, 0.3) is 0 Å². The van der Waals surface area contributed by atoms with Crippen LogP contribution < -0.4 is 0 Å². The van der Waals surface area contributed by atoms with Crippen molar-refractivity contribution in [2.45, 2.75) is 12.4 Å². The molecule has 0 amide bonds. The Morgan fingerprint density at radius 3 is 2.00 bits per heavy atom. The van der Waals surface area contributed by atoms with Crippen LogP contribution in [0.25, 0.3) is 0 Å². The van der Waals surface area contributed by atoms with E-state index in [9.17, 15) is 26.3 Å². The molecule has 1 rings (SSSR count). The van der Waals surface area contributed by atoms with Crippen molar-refractivity contribution in [1.29, 1.82) is 0 Å². The molecule has 0 fully saturated rings. The first-order valence-corrected chi connectivity index (χ1v) is 5.18. The average molecular weight is 297 g/mol. The second kappa shape index (κ2) is 5.98. The third-order valence-electron chi connectivity index (χ3n) is 2.02. The number of methoxy groups -OCH3 is 1. The van der Waals surface area contributed by atoms with Crippen molar-refractivity contribution >= 4 is 11.6 Å². The lowest BCUT2D eigenvalue weighted by atomic mass is 10.2. The molecule has 0 bridgehead atoms. The van der Waals surface area contributed by atoms with Crippen LogP contribution in [0, 0.1) is 0 Å². The molecular formula is C12H9F6NO. The number of aliphatic imine (C=N–C) groups is 1. The molecular weight excluding hydrogens is 288 g/mol. The Morgan fingerprint density at radius 1 is 1.05 bits per heavy atom. The first kappa shape index (κ1) is 16.1. The van der Waals surface area contributed by atoms with E-state index in [1.165, 1.54) is 24.3 Å². The van der Waals surface area contributed by atoms with Crippen molar-refractivity contribution in [2.75, 3.05) is 7.11 Å². The third kappa shape index (κ3) is 4.94. The highest BCUT2D eigenvalue weighted by Crippen LogP contribution is 2.32. The standard InChI is InChI=1S/C12H9F6NO/c1-20-10(19-8-5-3-2-4-6-8)9(12(16,17)18)7-11(13,14)15/h2-7H,1H3/b9-7-,19-10?. The highest BCUT2D eigenvalue weighted by Gasteiger charge is 2.42. The van der Waals surface area contributed by atoms with Crippen molar-refractivity contribution in [3.63, 3.8) is 0 Å². The lowest BCUT2D eigenvalue weighted by molar-refractivity contribution is -0.104. The number of hydrogen-bond donors (Lipinski definition) is 0. The summed E-state index contributed by atoms with van der Waals surface area (Å²) in [5.41, 5.74) is -1.95. The summed E-state index contributed by atoms with van der Waals surface area (Å²) >= 11 is 0. The minimum atomic E-state index is -5.24. The quantitative estimate of drug-likeness (QED) is 0.450. The van der Waals surface area contributed by atoms with Crippen molar-refractivity contribution in [3.8, 4) is 0 Å². The molecule has 0 atom stereocenters. The van der Waals surface area contributed by atoms with Gasteiger partial charge in [0, 0.05) is 6.08 Å². The molecule has 0 saturated heterocycles. The van der Waals surface area contributed by atoms with Gasteiger partial charge in [-0.3, -0.25) is 0 Å². The van der Waals surface area contributed by atoms with Gasteiger partial charge < -0.3 is 4.74 Å². The maximum absolute atomic E-state index is 12.7. The van der Waals surface area contributed by atoms with Gasteiger partial charge in [-0.15, -0.1) is 0 Å². The number of alkyl halides is 6. The Kier molecular flexibility index (Phi) is 4.80. The predicted molar refractivity (Wildman–Crippen MR) is 60.7 cm³/mol. The van der Waals surface area contributed by atoms with Crippen LogP contribution >= 0.6 is 0 Å². The van der Waals surface area contributed by atoms with E-state index in [0.29, 0.717) is 0 Å². The maximum atomic E-state index is 12.7. The minimum Gasteiger partial charge on any atom is -0.481 e. The van der Waals surface area contributed by atoms with E-state index in [1.54, 1.807) is 6.07 Å². The summed E-state index contributed by atoms with van der Waals surface area (Å²) in [4.78, 5) is 3.43. The van der Waals surface area contributed by atoms with E-state index in [1.807, 2.05) is 0 Å². The molecule has 0 aliphatic rings. The van der Waals surface area contributed by atoms with Crippen molar-refractivity contribution < 1.29 is 31.1 Å². The molecule has 8 heteroatoms. The van der Waals surface area contributed by atoms with Gasteiger partial charge in [-0.1, -0.05) is 18.2 Å². The van der Waals surface area contributed by atoms with E-state index < -0.39 is 29.9 Å². The van der Waals surface area contributed by atoms with E-state index >= 15 is 0 Å². The summed E-state index contributed by atoms with van der Waals surface area (Å²) in [6, 6.07) is 7.21. The zero-order chi connectivity index (χ0) is 15.4. The zero-order valence-corrected chi connectivity index (χ0v) is 10.1. The minimum absolute atomic E-state index is 0.0432. The molecule has 0 heterocycles.